The number of aliphatic hydroxyl groups is 4. The Morgan fingerprint density at radius 3 is 2.33 bits per heavy atom. The van der Waals surface area contributed by atoms with E-state index in [2.05, 4.69) is 0 Å². The molecule has 0 aliphatic carbocycles. The number of hydrogen-bond donors (Lipinski definition) is 6. The minimum absolute atomic E-state index is 0.128. The number of benzene rings is 2. The number of hydrogen-bond acceptors (Lipinski definition) is 11. The molecule has 0 spiro atoms. The summed E-state index contributed by atoms with van der Waals surface area (Å²) >= 11 is 0. The minimum atomic E-state index is -1.78. The van der Waals surface area contributed by atoms with Crippen molar-refractivity contribution in [2.75, 3.05) is 13.7 Å². The van der Waals surface area contributed by atoms with E-state index < -0.39 is 54.2 Å². The Kier molecular flexibility index (Phi) is 6.15. The van der Waals surface area contributed by atoms with Crippen LogP contribution in [0.4, 0.5) is 0 Å². The second-order valence-electron chi connectivity index (χ2n) is 7.47. The van der Waals surface area contributed by atoms with Gasteiger partial charge < -0.3 is 49.3 Å². The largest absolute Gasteiger partial charge is 0.508 e. The van der Waals surface area contributed by atoms with Gasteiger partial charge >= 0.3 is 0 Å². The smallest absolute Gasteiger partial charge is 0.239 e. The van der Waals surface area contributed by atoms with Crippen molar-refractivity contribution in [3.63, 3.8) is 0 Å². The first-order valence-corrected chi connectivity index (χ1v) is 9.89. The average molecular weight is 462 g/mol. The van der Waals surface area contributed by atoms with Crippen LogP contribution in [0.2, 0.25) is 0 Å². The third-order valence-electron chi connectivity index (χ3n) is 5.35. The van der Waals surface area contributed by atoms with E-state index in [1.165, 1.54) is 7.11 Å². The predicted molar refractivity (Wildman–Crippen MR) is 112 cm³/mol. The second kappa shape index (κ2) is 8.89. The van der Waals surface area contributed by atoms with Gasteiger partial charge in [-0.05, 0) is 24.3 Å². The van der Waals surface area contributed by atoms with Crippen molar-refractivity contribution in [1.29, 1.82) is 0 Å². The van der Waals surface area contributed by atoms with E-state index in [0.717, 1.165) is 12.1 Å². The standard InChI is InChI=1S/C22H22O11/c1-30-11-4-2-9(3-5-11)20-21(17(27)15-12(25)6-10(24)7-13(15)31-20)33-22-19(29)18(28)16(26)14(8-23)32-22/h2-7,14,16,18-19,22-26,28-29H,8H2,1H3/t14-,16-,18+,19-,22+/m1/s1. The van der Waals surface area contributed by atoms with Crippen LogP contribution < -0.4 is 14.9 Å². The molecule has 11 nitrogen and oxygen atoms in total. The summed E-state index contributed by atoms with van der Waals surface area (Å²) in [6, 6.07) is 8.40. The average Bonchev–Trinajstić information content (AvgIpc) is 2.80. The number of fused-ring (bicyclic) bond motifs is 1. The molecule has 0 unspecified atom stereocenters. The molecule has 3 aromatic rings. The van der Waals surface area contributed by atoms with E-state index in [4.69, 9.17) is 18.6 Å². The first-order valence-electron chi connectivity index (χ1n) is 9.89. The second-order valence-corrected chi connectivity index (χ2v) is 7.47. The SMILES string of the molecule is COc1ccc(-c2oc3cc(O)cc(O)c3c(=O)c2O[C@@H]2O[C@H](CO)[C@@H](O)[C@H](O)[C@H]2O)cc1. The zero-order chi connectivity index (χ0) is 23.9. The molecule has 6 N–H and O–H groups in total. The maximum Gasteiger partial charge on any atom is 0.239 e. The Bertz CT molecular complexity index is 1200. The Morgan fingerprint density at radius 1 is 1.00 bits per heavy atom. The lowest BCUT2D eigenvalue weighted by Gasteiger charge is -2.39. The van der Waals surface area contributed by atoms with Gasteiger partial charge in [0.15, 0.2) is 5.76 Å². The van der Waals surface area contributed by atoms with Gasteiger partial charge in [-0.15, -0.1) is 0 Å². The first-order chi connectivity index (χ1) is 15.7. The van der Waals surface area contributed by atoms with Crippen molar-refractivity contribution >= 4 is 11.0 Å². The Morgan fingerprint density at radius 2 is 1.70 bits per heavy atom. The maximum atomic E-state index is 13.3. The molecule has 2 heterocycles. The predicted octanol–water partition coefficient (Wildman–Crippen LogP) is 0.0585. The number of phenols is 2. The summed E-state index contributed by atoms with van der Waals surface area (Å²) in [5, 5.41) is 59.5. The van der Waals surface area contributed by atoms with Crippen LogP contribution in [-0.4, -0.2) is 75.1 Å². The Balaban J connectivity index is 1.88. The van der Waals surface area contributed by atoms with Gasteiger partial charge in [0.05, 0.1) is 13.7 Å². The molecule has 176 valence electrons. The molecule has 4 rings (SSSR count). The number of phenolic OH excluding ortho intramolecular Hbond substituents is 2. The molecule has 1 fully saturated rings. The first kappa shape index (κ1) is 22.8. The maximum absolute atomic E-state index is 13.3. The highest BCUT2D eigenvalue weighted by molar-refractivity contribution is 5.88. The Hall–Kier alpha value is -3.35. The van der Waals surface area contributed by atoms with E-state index in [0.29, 0.717) is 11.3 Å². The molecule has 0 saturated carbocycles. The number of aliphatic hydroxyl groups excluding tert-OH is 4. The lowest BCUT2D eigenvalue weighted by atomic mass is 9.99. The summed E-state index contributed by atoms with van der Waals surface area (Å²) < 4.78 is 21.9. The third-order valence-corrected chi connectivity index (χ3v) is 5.35. The number of aromatic hydroxyl groups is 2. The van der Waals surface area contributed by atoms with Gasteiger partial charge in [-0.25, -0.2) is 0 Å². The summed E-state index contributed by atoms with van der Waals surface area (Å²) in [4.78, 5) is 13.3. The molecule has 2 aromatic carbocycles. The van der Waals surface area contributed by atoms with Crippen LogP contribution in [-0.2, 0) is 4.74 Å². The molecule has 1 aliphatic heterocycles. The summed E-state index contributed by atoms with van der Waals surface area (Å²) in [6.07, 6.45) is -8.07. The van der Waals surface area contributed by atoms with Crippen LogP contribution in [0.1, 0.15) is 0 Å². The lowest BCUT2D eigenvalue weighted by molar-refractivity contribution is -0.277. The quantitative estimate of drug-likeness (QED) is 0.302. The summed E-state index contributed by atoms with van der Waals surface area (Å²) in [5.74, 6) is -0.992. The van der Waals surface area contributed by atoms with Gasteiger partial charge in [-0.1, -0.05) is 0 Å². The molecular weight excluding hydrogens is 440 g/mol. The fraction of sp³-hybridized carbons (Fsp3) is 0.318. The van der Waals surface area contributed by atoms with Gasteiger partial charge in [0.25, 0.3) is 0 Å². The van der Waals surface area contributed by atoms with Gasteiger partial charge in [-0.3, -0.25) is 4.79 Å². The molecule has 0 radical (unpaired) electrons. The fourth-order valence-electron chi connectivity index (χ4n) is 3.59. The van der Waals surface area contributed by atoms with E-state index in [9.17, 15) is 35.4 Å². The van der Waals surface area contributed by atoms with Crippen LogP contribution in [0.15, 0.2) is 45.6 Å². The molecule has 11 heteroatoms. The molecule has 0 bridgehead atoms. The topological polar surface area (TPSA) is 179 Å². The molecule has 1 aliphatic rings. The highest BCUT2D eigenvalue weighted by Gasteiger charge is 2.45. The normalized spacial score (nSPS) is 25.2. The summed E-state index contributed by atoms with van der Waals surface area (Å²) in [7, 11) is 1.48. The number of rotatable bonds is 5. The zero-order valence-electron chi connectivity index (χ0n) is 17.3. The fourth-order valence-corrected chi connectivity index (χ4v) is 3.59. The molecule has 5 atom stereocenters. The van der Waals surface area contributed by atoms with Crippen LogP contribution >= 0.6 is 0 Å². The van der Waals surface area contributed by atoms with Crippen molar-refractivity contribution in [2.24, 2.45) is 0 Å². The molecule has 1 saturated heterocycles. The summed E-state index contributed by atoms with van der Waals surface area (Å²) in [6.45, 7) is -0.692. The van der Waals surface area contributed by atoms with Crippen molar-refractivity contribution in [3.05, 3.63) is 46.6 Å². The highest BCUT2D eigenvalue weighted by atomic mass is 16.7. The van der Waals surface area contributed by atoms with Crippen LogP contribution in [0.25, 0.3) is 22.3 Å². The minimum Gasteiger partial charge on any atom is -0.508 e. The van der Waals surface area contributed by atoms with E-state index in [1.807, 2.05) is 0 Å². The monoisotopic (exact) mass is 462 g/mol. The third kappa shape index (κ3) is 4.08. The van der Waals surface area contributed by atoms with E-state index in [-0.39, 0.29) is 22.5 Å². The number of methoxy groups -OCH3 is 1. The zero-order valence-corrected chi connectivity index (χ0v) is 17.3. The van der Waals surface area contributed by atoms with Crippen molar-refractivity contribution in [3.8, 4) is 34.3 Å². The van der Waals surface area contributed by atoms with Crippen molar-refractivity contribution < 1.29 is 49.3 Å². The molecule has 1 aromatic heterocycles. The lowest BCUT2D eigenvalue weighted by Crippen LogP contribution is -2.60. The number of ether oxygens (including phenoxy) is 3. The van der Waals surface area contributed by atoms with Crippen LogP contribution in [0.3, 0.4) is 0 Å². The van der Waals surface area contributed by atoms with Crippen LogP contribution in [0, 0.1) is 0 Å². The molecule has 33 heavy (non-hydrogen) atoms. The van der Waals surface area contributed by atoms with Crippen LogP contribution in [0.5, 0.6) is 23.0 Å². The molecule has 0 amide bonds. The van der Waals surface area contributed by atoms with Crippen molar-refractivity contribution in [1.82, 2.24) is 0 Å². The van der Waals surface area contributed by atoms with Gasteiger partial charge in [0.2, 0.25) is 17.5 Å². The summed E-state index contributed by atoms with van der Waals surface area (Å²) in [5.41, 5.74) is -0.641. The van der Waals surface area contributed by atoms with Gasteiger partial charge in [0, 0.05) is 17.7 Å². The molecular formula is C22H22O11. The van der Waals surface area contributed by atoms with E-state index >= 15 is 0 Å². The highest BCUT2D eigenvalue weighted by Crippen LogP contribution is 2.37. The van der Waals surface area contributed by atoms with Gasteiger partial charge in [-0.2, -0.15) is 0 Å². The Labute approximate surface area is 186 Å². The van der Waals surface area contributed by atoms with Gasteiger partial charge in [0.1, 0.15) is 52.6 Å². The van der Waals surface area contributed by atoms with E-state index in [1.54, 1.807) is 24.3 Å². The van der Waals surface area contributed by atoms with Crippen molar-refractivity contribution in [2.45, 2.75) is 30.7 Å².